The number of nitrogens with two attached hydrogens (primary N) is 1. The fourth-order valence-electron chi connectivity index (χ4n) is 2.42. The van der Waals surface area contributed by atoms with Crippen LogP contribution >= 0.6 is 0 Å². The number of methoxy groups -OCH3 is 1. The van der Waals surface area contributed by atoms with Crippen LogP contribution in [0.3, 0.4) is 0 Å². The van der Waals surface area contributed by atoms with Gasteiger partial charge in [-0.05, 0) is 50.3 Å². The number of ether oxygens (including phenoxy) is 1. The van der Waals surface area contributed by atoms with Crippen LogP contribution in [-0.4, -0.2) is 31.3 Å². The number of hydrogen-bond acceptors (Lipinski definition) is 4. The van der Waals surface area contributed by atoms with Gasteiger partial charge < -0.3 is 15.4 Å². The highest BCUT2D eigenvalue weighted by Crippen LogP contribution is 2.36. The van der Waals surface area contributed by atoms with Crippen molar-refractivity contribution >= 4 is 5.82 Å². The Labute approximate surface area is 116 Å². The summed E-state index contributed by atoms with van der Waals surface area (Å²) in [7, 11) is 1.74. The highest BCUT2D eigenvalue weighted by molar-refractivity contribution is 5.43. The summed E-state index contributed by atoms with van der Waals surface area (Å²) in [6.45, 7) is 5.89. The highest BCUT2D eigenvalue weighted by Gasteiger charge is 2.32. The fourth-order valence-corrected chi connectivity index (χ4v) is 2.42. The van der Waals surface area contributed by atoms with Crippen LogP contribution in [0, 0.1) is 5.92 Å². The summed E-state index contributed by atoms with van der Waals surface area (Å²) >= 11 is 0. The maximum absolute atomic E-state index is 5.96. The molecule has 0 radical (unpaired) electrons. The summed E-state index contributed by atoms with van der Waals surface area (Å²) in [5, 5.41) is 0. The Bertz CT molecular complexity index is 404. The van der Waals surface area contributed by atoms with E-state index in [0.29, 0.717) is 6.04 Å². The van der Waals surface area contributed by atoms with Gasteiger partial charge in [0, 0.05) is 31.9 Å². The van der Waals surface area contributed by atoms with Gasteiger partial charge in [-0.3, -0.25) is 0 Å². The maximum Gasteiger partial charge on any atom is 0.129 e. The molecule has 1 aliphatic rings. The van der Waals surface area contributed by atoms with Gasteiger partial charge in [0.05, 0.1) is 6.61 Å². The second-order valence-corrected chi connectivity index (χ2v) is 5.50. The Morgan fingerprint density at radius 1 is 1.47 bits per heavy atom. The monoisotopic (exact) mass is 263 g/mol. The molecule has 0 spiro atoms. The van der Waals surface area contributed by atoms with E-state index in [-0.39, 0.29) is 6.04 Å². The molecule has 0 bridgehead atoms. The van der Waals surface area contributed by atoms with Gasteiger partial charge in [-0.25, -0.2) is 4.98 Å². The SMILES string of the molecule is COCCN(c1cc([C@@H](C)N)ccn1)C(C)C1CC1. The van der Waals surface area contributed by atoms with E-state index in [2.05, 4.69) is 22.9 Å². The van der Waals surface area contributed by atoms with Crippen LogP contribution in [0.1, 0.15) is 38.3 Å². The van der Waals surface area contributed by atoms with Crippen molar-refractivity contribution in [2.75, 3.05) is 25.2 Å². The lowest BCUT2D eigenvalue weighted by Crippen LogP contribution is -2.38. The Morgan fingerprint density at radius 3 is 2.79 bits per heavy atom. The zero-order chi connectivity index (χ0) is 13.8. The summed E-state index contributed by atoms with van der Waals surface area (Å²) in [5.41, 5.74) is 7.09. The van der Waals surface area contributed by atoms with Crippen molar-refractivity contribution in [3.8, 4) is 0 Å². The lowest BCUT2D eigenvalue weighted by atomic mass is 10.1. The van der Waals surface area contributed by atoms with Gasteiger partial charge in [-0.15, -0.1) is 0 Å². The third-order valence-corrected chi connectivity index (χ3v) is 3.92. The lowest BCUT2D eigenvalue weighted by Gasteiger charge is -2.30. The molecule has 0 amide bonds. The predicted octanol–water partition coefficient (Wildman–Crippen LogP) is 2.35. The molecule has 0 saturated heterocycles. The number of aromatic nitrogens is 1. The molecule has 4 heteroatoms. The summed E-state index contributed by atoms with van der Waals surface area (Å²) < 4.78 is 5.23. The van der Waals surface area contributed by atoms with Gasteiger partial charge in [-0.2, -0.15) is 0 Å². The standard InChI is InChI=1S/C15H25N3O/c1-11(16)14-6-7-17-15(10-14)18(8-9-19-3)12(2)13-4-5-13/h6-7,10-13H,4-5,8-9,16H2,1-3H3/t11-,12?/m1/s1. The third kappa shape index (κ3) is 3.67. The average Bonchev–Trinajstić information content (AvgIpc) is 3.23. The van der Waals surface area contributed by atoms with Crippen LogP contribution < -0.4 is 10.6 Å². The first-order valence-corrected chi connectivity index (χ1v) is 7.10. The number of rotatable bonds is 7. The van der Waals surface area contributed by atoms with Gasteiger partial charge in [0.2, 0.25) is 0 Å². The summed E-state index contributed by atoms with van der Waals surface area (Å²) in [4.78, 5) is 6.88. The van der Waals surface area contributed by atoms with Gasteiger partial charge in [0.1, 0.15) is 5.82 Å². The topological polar surface area (TPSA) is 51.4 Å². The largest absolute Gasteiger partial charge is 0.383 e. The molecule has 1 unspecified atom stereocenters. The maximum atomic E-state index is 5.96. The molecule has 1 aromatic heterocycles. The Hall–Kier alpha value is -1.13. The van der Waals surface area contributed by atoms with Gasteiger partial charge in [-0.1, -0.05) is 0 Å². The zero-order valence-corrected chi connectivity index (χ0v) is 12.2. The minimum absolute atomic E-state index is 0.0438. The summed E-state index contributed by atoms with van der Waals surface area (Å²) in [5.74, 6) is 1.82. The zero-order valence-electron chi connectivity index (χ0n) is 12.2. The van der Waals surface area contributed by atoms with Gasteiger partial charge in [0.15, 0.2) is 0 Å². The molecular formula is C15H25N3O. The predicted molar refractivity (Wildman–Crippen MR) is 78.2 cm³/mol. The number of pyridine rings is 1. The average molecular weight is 263 g/mol. The van der Waals surface area contributed by atoms with E-state index in [1.165, 1.54) is 12.8 Å². The molecule has 0 aliphatic heterocycles. The van der Waals surface area contributed by atoms with Crippen molar-refractivity contribution in [1.82, 2.24) is 4.98 Å². The number of anilines is 1. The first-order chi connectivity index (χ1) is 9.13. The van der Waals surface area contributed by atoms with Crippen LogP contribution in [0.25, 0.3) is 0 Å². The summed E-state index contributed by atoms with van der Waals surface area (Å²) in [6.07, 6.45) is 4.52. The molecule has 1 heterocycles. The van der Waals surface area contributed by atoms with Crippen LogP contribution in [0.2, 0.25) is 0 Å². The number of hydrogen-bond donors (Lipinski definition) is 1. The molecule has 2 atom stereocenters. The Kier molecular flexibility index (Phi) is 4.77. The van der Waals surface area contributed by atoms with E-state index < -0.39 is 0 Å². The molecule has 1 aromatic rings. The lowest BCUT2D eigenvalue weighted by molar-refractivity contribution is 0.202. The van der Waals surface area contributed by atoms with E-state index in [1.54, 1.807) is 7.11 Å². The van der Waals surface area contributed by atoms with Crippen molar-refractivity contribution in [3.63, 3.8) is 0 Å². The van der Waals surface area contributed by atoms with Crippen molar-refractivity contribution in [1.29, 1.82) is 0 Å². The molecule has 106 valence electrons. The van der Waals surface area contributed by atoms with E-state index in [0.717, 1.165) is 30.5 Å². The van der Waals surface area contributed by atoms with Crippen LogP contribution in [0.15, 0.2) is 18.3 Å². The smallest absolute Gasteiger partial charge is 0.129 e. The van der Waals surface area contributed by atoms with Crippen LogP contribution in [-0.2, 0) is 4.74 Å². The minimum Gasteiger partial charge on any atom is -0.383 e. The summed E-state index contributed by atoms with van der Waals surface area (Å²) in [6, 6.07) is 4.66. The van der Waals surface area contributed by atoms with E-state index in [9.17, 15) is 0 Å². The fraction of sp³-hybridized carbons (Fsp3) is 0.667. The second-order valence-electron chi connectivity index (χ2n) is 5.50. The van der Waals surface area contributed by atoms with Crippen molar-refractivity contribution in [2.24, 2.45) is 11.7 Å². The van der Waals surface area contributed by atoms with Crippen LogP contribution in [0.4, 0.5) is 5.82 Å². The van der Waals surface area contributed by atoms with Gasteiger partial charge in [0.25, 0.3) is 0 Å². The van der Waals surface area contributed by atoms with Crippen molar-refractivity contribution < 1.29 is 4.74 Å². The van der Waals surface area contributed by atoms with Crippen LogP contribution in [0.5, 0.6) is 0 Å². The molecular weight excluding hydrogens is 238 g/mol. The molecule has 1 fully saturated rings. The molecule has 1 aliphatic carbocycles. The Balaban J connectivity index is 2.18. The van der Waals surface area contributed by atoms with Crippen molar-refractivity contribution in [2.45, 2.75) is 38.8 Å². The Morgan fingerprint density at radius 2 is 2.21 bits per heavy atom. The minimum atomic E-state index is 0.0438. The highest BCUT2D eigenvalue weighted by atomic mass is 16.5. The first-order valence-electron chi connectivity index (χ1n) is 7.10. The quantitative estimate of drug-likeness (QED) is 0.820. The van der Waals surface area contributed by atoms with Crippen molar-refractivity contribution in [3.05, 3.63) is 23.9 Å². The molecule has 19 heavy (non-hydrogen) atoms. The van der Waals surface area contributed by atoms with Gasteiger partial charge >= 0.3 is 0 Å². The molecule has 1 saturated carbocycles. The normalized spacial score (nSPS) is 18.1. The second kappa shape index (κ2) is 6.35. The number of nitrogens with zero attached hydrogens (tertiary/aromatic N) is 2. The molecule has 0 aromatic carbocycles. The molecule has 2 N–H and O–H groups in total. The molecule has 4 nitrogen and oxygen atoms in total. The van der Waals surface area contributed by atoms with E-state index in [1.807, 2.05) is 19.2 Å². The molecule has 2 rings (SSSR count). The van der Waals surface area contributed by atoms with E-state index in [4.69, 9.17) is 10.5 Å². The first kappa shape index (κ1) is 14.3. The van der Waals surface area contributed by atoms with E-state index >= 15 is 0 Å². The third-order valence-electron chi connectivity index (χ3n) is 3.92.